The molecule has 0 radical (unpaired) electrons. The first kappa shape index (κ1) is 38.2. The monoisotopic (exact) mass is 767 g/mol. The van der Waals surface area contributed by atoms with Gasteiger partial charge in [-0.2, -0.15) is 0 Å². The van der Waals surface area contributed by atoms with Crippen molar-refractivity contribution in [3.05, 3.63) is 71.4 Å². The normalized spacial score (nSPS) is 20.9. The van der Waals surface area contributed by atoms with Crippen molar-refractivity contribution in [1.29, 1.82) is 0 Å². The van der Waals surface area contributed by atoms with E-state index in [9.17, 15) is 24.6 Å². The van der Waals surface area contributed by atoms with Gasteiger partial charge in [-0.1, -0.05) is 57.2 Å². The molecule has 0 bridgehead atoms. The number of amides is 3. The molecule has 3 amide bonds. The van der Waals surface area contributed by atoms with Crippen LogP contribution in [-0.2, 0) is 14.4 Å². The number of fused-ring (bicyclic) bond motifs is 3. The van der Waals surface area contributed by atoms with E-state index in [4.69, 9.17) is 0 Å². The lowest BCUT2D eigenvalue weighted by molar-refractivity contribution is -0.144. The highest BCUT2D eigenvalue weighted by atomic mass is 32.1. The van der Waals surface area contributed by atoms with Crippen molar-refractivity contribution >= 4 is 40.6 Å². The Balaban J connectivity index is 0.974. The molecule has 14 nitrogen and oxygen atoms in total. The smallest absolute Gasteiger partial charge is 0.246 e. The summed E-state index contributed by atoms with van der Waals surface area (Å²) in [5, 5.41) is 39.2. The van der Waals surface area contributed by atoms with Gasteiger partial charge in [0, 0.05) is 44.7 Å². The largest absolute Gasteiger partial charge is 0.507 e. The lowest BCUT2D eigenvalue weighted by Gasteiger charge is -2.45. The van der Waals surface area contributed by atoms with Crippen molar-refractivity contribution in [2.24, 2.45) is 5.41 Å². The minimum Gasteiger partial charge on any atom is -0.507 e. The van der Waals surface area contributed by atoms with Crippen LogP contribution >= 0.6 is 11.3 Å². The number of aryl methyl sites for hydroxylation is 1. The van der Waals surface area contributed by atoms with Crippen LogP contribution in [-0.4, -0.2) is 116 Å². The van der Waals surface area contributed by atoms with E-state index in [0.29, 0.717) is 43.3 Å². The summed E-state index contributed by atoms with van der Waals surface area (Å²) in [6, 6.07) is 14.9. The first-order valence-corrected chi connectivity index (χ1v) is 19.6. The third-order valence-electron chi connectivity index (χ3n) is 10.8. The van der Waals surface area contributed by atoms with Gasteiger partial charge in [-0.3, -0.25) is 19.3 Å². The number of carbonyl (C=O) groups is 3. The molecule has 5 atom stereocenters. The molecule has 4 aromatic rings. The van der Waals surface area contributed by atoms with Crippen molar-refractivity contribution in [3.63, 3.8) is 0 Å². The van der Waals surface area contributed by atoms with E-state index in [1.807, 2.05) is 76.5 Å². The Labute approximate surface area is 325 Å². The Morgan fingerprint density at radius 1 is 1.04 bits per heavy atom. The van der Waals surface area contributed by atoms with Crippen molar-refractivity contribution in [3.8, 4) is 27.4 Å². The minimum absolute atomic E-state index is 0.00471. The summed E-state index contributed by atoms with van der Waals surface area (Å²) in [6.45, 7) is 12.1. The number of rotatable bonds is 9. The lowest BCUT2D eigenvalue weighted by Crippen LogP contribution is -2.61. The molecular weight excluding hydrogens is 719 g/mol. The summed E-state index contributed by atoms with van der Waals surface area (Å²) in [7, 11) is 0. The van der Waals surface area contributed by atoms with Crippen LogP contribution in [0.2, 0.25) is 0 Å². The number of phenols is 1. The molecule has 2 fully saturated rings. The van der Waals surface area contributed by atoms with Crippen molar-refractivity contribution in [2.75, 3.05) is 49.5 Å². The number of thiazole rings is 1. The Morgan fingerprint density at radius 2 is 1.80 bits per heavy atom. The van der Waals surface area contributed by atoms with Crippen LogP contribution in [0.3, 0.4) is 0 Å². The molecule has 2 saturated heterocycles. The van der Waals surface area contributed by atoms with Gasteiger partial charge in [0.15, 0.2) is 5.82 Å². The topological polar surface area (TPSA) is 176 Å². The maximum Gasteiger partial charge on any atom is 0.246 e. The van der Waals surface area contributed by atoms with Gasteiger partial charge in [0.1, 0.15) is 17.8 Å². The maximum atomic E-state index is 14.2. The fraction of sp³-hybridized carbons (Fsp3) is 0.450. The van der Waals surface area contributed by atoms with Crippen LogP contribution in [0.5, 0.6) is 5.75 Å². The van der Waals surface area contributed by atoms with Crippen LogP contribution in [0.1, 0.15) is 51.4 Å². The number of nitrogens with one attached hydrogen (secondary N) is 3. The molecule has 7 rings (SSSR count). The van der Waals surface area contributed by atoms with Gasteiger partial charge in [0.2, 0.25) is 17.7 Å². The molecule has 0 unspecified atom stereocenters. The van der Waals surface area contributed by atoms with Gasteiger partial charge in [-0.05, 0) is 48.6 Å². The third-order valence-corrected chi connectivity index (χ3v) is 11.7. The van der Waals surface area contributed by atoms with Gasteiger partial charge in [0.05, 0.1) is 52.2 Å². The van der Waals surface area contributed by atoms with Gasteiger partial charge < -0.3 is 36.0 Å². The zero-order chi connectivity index (χ0) is 39.0. The summed E-state index contributed by atoms with van der Waals surface area (Å²) < 4.78 is 0. The molecule has 5 N–H and O–H groups in total. The number of anilines is 2. The minimum atomic E-state index is -0.920. The van der Waals surface area contributed by atoms with E-state index in [1.54, 1.807) is 29.5 Å². The Bertz CT molecular complexity index is 2050. The van der Waals surface area contributed by atoms with Crippen LogP contribution in [0.25, 0.3) is 21.7 Å². The average molecular weight is 768 g/mol. The molecule has 2 aromatic heterocycles. The van der Waals surface area contributed by atoms with Crippen molar-refractivity contribution in [2.45, 2.75) is 71.3 Å². The number of β-amino-alcohol motifs (C(OH)–C–C–N with tert-alkyl or cyclic N) is 1. The fourth-order valence-corrected chi connectivity index (χ4v) is 8.55. The molecule has 5 heterocycles. The van der Waals surface area contributed by atoms with Crippen molar-refractivity contribution < 1.29 is 24.6 Å². The molecular formula is C40H49N9O5S. The van der Waals surface area contributed by atoms with E-state index in [-0.39, 0.29) is 49.2 Å². The van der Waals surface area contributed by atoms with Gasteiger partial charge >= 0.3 is 0 Å². The quantitative estimate of drug-likeness (QED) is 0.168. The highest BCUT2D eigenvalue weighted by Crippen LogP contribution is 2.36. The molecule has 290 valence electrons. The van der Waals surface area contributed by atoms with E-state index in [0.717, 1.165) is 27.4 Å². The second kappa shape index (κ2) is 15.6. The van der Waals surface area contributed by atoms with E-state index < -0.39 is 29.5 Å². The number of benzene rings is 2. The third kappa shape index (κ3) is 8.14. The van der Waals surface area contributed by atoms with Crippen LogP contribution in [0.15, 0.2) is 60.1 Å². The first-order valence-electron chi connectivity index (χ1n) is 18.7. The molecule has 0 spiro atoms. The molecule has 55 heavy (non-hydrogen) atoms. The van der Waals surface area contributed by atoms with E-state index in [1.165, 1.54) is 4.90 Å². The summed E-state index contributed by atoms with van der Waals surface area (Å²) in [6.07, 6.45) is -0.750. The van der Waals surface area contributed by atoms with Crippen LogP contribution in [0, 0.1) is 12.3 Å². The summed E-state index contributed by atoms with van der Waals surface area (Å²) in [4.78, 5) is 52.8. The van der Waals surface area contributed by atoms with Crippen LogP contribution in [0.4, 0.5) is 11.5 Å². The Kier molecular flexibility index (Phi) is 10.8. The van der Waals surface area contributed by atoms with Crippen molar-refractivity contribution in [1.82, 2.24) is 35.6 Å². The Morgan fingerprint density at radius 3 is 2.51 bits per heavy atom. The number of aromatic hydroxyl groups is 1. The van der Waals surface area contributed by atoms with Gasteiger partial charge in [-0.15, -0.1) is 21.5 Å². The highest BCUT2D eigenvalue weighted by Gasteiger charge is 2.45. The number of para-hydroxylation sites is 1. The SMILES string of the molecule is Cc1ncsc1-c1ccc([C@H](C)NC(=O)[C@@H]2C[C@@H](O)CN2C(=O)[C@@H](NC(=O)CN2CCN3c4cc(-c5ccccc5O)nnc4NC[C@@H]3C2)C(C)(C)C)cc1. The Hall–Kier alpha value is -5.12. The summed E-state index contributed by atoms with van der Waals surface area (Å²) >= 11 is 1.58. The van der Waals surface area contributed by atoms with Gasteiger partial charge in [0.25, 0.3) is 0 Å². The molecule has 0 saturated carbocycles. The number of hydrogen-bond acceptors (Lipinski definition) is 12. The molecule has 2 aromatic carbocycles. The molecule has 15 heteroatoms. The molecule has 3 aliphatic heterocycles. The zero-order valence-corrected chi connectivity index (χ0v) is 32.6. The van der Waals surface area contributed by atoms with Crippen LogP contribution < -0.4 is 20.9 Å². The number of hydrogen-bond donors (Lipinski definition) is 5. The summed E-state index contributed by atoms with van der Waals surface area (Å²) in [5.41, 5.74) is 6.17. The number of phenolic OH excluding ortho intramolecular Hbond substituents is 1. The number of piperazine rings is 1. The predicted molar refractivity (Wildman–Crippen MR) is 212 cm³/mol. The van der Waals surface area contributed by atoms with Gasteiger partial charge in [-0.25, -0.2) is 4.98 Å². The average Bonchev–Trinajstić information content (AvgIpc) is 3.78. The number of aliphatic hydroxyl groups is 1. The number of nitrogens with zero attached hydrogens (tertiary/aromatic N) is 6. The van der Waals surface area contributed by atoms with E-state index >= 15 is 0 Å². The molecule has 0 aliphatic carbocycles. The lowest BCUT2D eigenvalue weighted by atomic mass is 9.85. The van der Waals surface area contributed by atoms with E-state index in [2.05, 4.69) is 40.9 Å². The second-order valence-corrected chi connectivity index (χ2v) is 16.7. The number of carbonyl (C=O) groups excluding carboxylic acids is 3. The number of aromatic nitrogens is 3. The fourth-order valence-electron chi connectivity index (χ4n) is 7.74. The summed E-state index contributed by atoms with van der Waals surface area (Å²) in [5.74, 6) is -0.218. The zero-order valence-electron chi connectivity index (χ0n) is 31.8. The number of likely N-dealkylation sites (tertiary alicyclic amines) is 1. The second-order valence-electron chi connectivity index (χ2n) is 15.8. The maximum absolute atomic E-state index is 14.2. The molecule has 3 aliphatic rings. The standard InChI is InChI=1S/C40H49N9O5S/c1-23(25-10-12-26(13-11-25)35-24(2)42-22-55-35)43-38(53)32-16-28(50)20-49(32)39(54)36(40(3,4)5)44-34(52)21-47-14-15-48-27(19-47)18-41-37-31(48)17-30(45-46-37)29-8-6-7-9-33(29)51/h6-13,17,22-23,27-28,32,36,50-51H,14-16,18-21H2,1-5H3,(H,41,46)(H,43,53)(H,44,52)/t23-,27+,28+,32-,36+/m0/s1. The predicted octanol–water partition coefficient (Wildman–Crippen LogP) is 3.57. The number of aliphatic hydroxyl groups excluding tert-OH is 1. The highest BCUT2D eigenvalue weighted by molar-refractivity contribution is 7.13. The first-order chi connectivity index (χ1) is 26.3.